The normalized spacial score (nSPS) is 11.7. The summed E-state index contributed by atoms with van der Waals surface area (Å²) in [6.07, 6.45) is 1.29. The van der Waals surface area contributed by atoms with Gasteiger partial charge < -0.3 is 15.7 Å². The first-order chi connectivity index (χ1) is 9.95. The highest BCUT2D eigenvalue weighted by molar-refractivity contribution is 7.16. The van der Waals surface area contributed by atoms with E-state index in [1.165, 1.54) is 29.7 Å². The molecule has 0 aliphatic carbocycles. The Morgan fingerprint density at radius 3 is 2.62 bits per heavy atom. The summed E-state index contributed by atoms with van der Waals surface area (Å²) in [4.78, 5) is 27.1. The first-order valence-corrected chi connectivity index (χ1v) is 7.17. The highest BCUT2D eigenvalue weighted by Crippen LogP contribution is 2.26. The average molecular weight is 326 g/mol. The minimum absolute atomic E-state index is 0.0810. The molecule has 8 heteroatoms. The Hall–Kier alpha value is -2.12. The first kappa shape index (κ1) is 15.3. The van der Waals surface area contributed by atoms with Gasteiger partial charge in [0.1, 0.15) is 5.69 Å². The van der Waals surface area contributed by atoms with Crippen molar-refractivity contribution < 1.29 is 14.7 Å². The lowest BCUT2D eigenvalue weighted by Crippen LogP contribution is -2.30. The molecule has 2 amide bonds. The molecule has 0 aliphatic heterocycles. The van der Waals surface area contributed by atoms with Gasteiger partial charge in [0.15, 0.2) is 0 Å². The molecule has 110 valence electrons. The number of carbonyl (C=O) groups is 2. The largest absolute Gasteiger partial charge is 0.477 e. The summed E-state index contributed by atoms with van der Waals surface area (Å²) >= 11 is 7.24. The van der Waals surface area contributed by atoms with E-state index >= 15 is 0 Å². The average Bonchev–Trinajstić information content (AvgIpc) is 2.86. The topological polar surface area (TPSA) is 91.3 Å². The van der Waals surface area contributed by atoms with Crippen LogP contribution in [0.5, 0.6) is 0 Å². The van der Waals surface area contributed by atoms with Crippen molar-refractivity contribution in [3.63, 3.8) is 0 Å². The molecule has 0 fully saturated rings. The van der Waals surface area contributed by atoms with Gasteiger partial charge >= 0.3 is 12.0 Å². The third-order valence-electron chi connectivity index (χ3n) is 2.61. The van der Waals surface area contributed by atoms with Crippen LogP contribution in [0.4, 0.5) is 10.5 Å². The minimum Gasteiger partial charge on any atom is -0.477 e. The number of nitrogens with one attached hydrogen (secondary N) is 2. The lowest BCUT2D eigenvalue weighted by atomic mass is 10.3. The highest BCUT2D eigenvalue weighted by atomic mass is 35.5. The third kappa shape index (κ3) is 4.17. The van der Waals surface area contributed by atoms with Gasteiger partial charge in [0.05, 0.1) is 22.3 Å². The molecule has 2 aromatic rings. The Balaban J connectivity index is 1.93. The summed E-state index contributed by atoms with van der Waals surface area (Å²) in [6.45, 7) is 1.84. The van der Waals surface area contributed by atoms with Crippen molar-refractivity contribution in [3.05, 3.63) is 45.4 Å². The second kappa shape index (κ2) is 6.55. The van der Waals surface area contributed by atoms with Crippen molar-refractivity contribution in [2.24, 2.45) is 0 Å². The number of carbonyl (C=O) groups excluding carboxylic acids is 1. The van der Waals surface area contributed by atoms with Crippen LogP contribution < -0.4 is 10.6 Å². The van der Waals surface area contributed by atoms with Crippen LogP contribution in [-0.2, 0) is 0 Å². The van der Waals surface area contributed by atoms with E-state index in [0.29, 0.717) is 10.0 Å². The van der Waals surface area contributed by atoms with Crippen LogP contribution in [0.1, 0.15) is 28.3 Å². The predicted molar refractivity (Wildman–Crippen MR) is 81.1 cm³/mol. The quantitative estimate of drug-likeness (QED) is 0.803. The smallest absolute Gasteiger partial charge is 0.354 e. The van der Waals surface area contributed by atoms with Gasteiger partial charge in [0, 0.05) is 4.88 Å². The maximum absolute atomic E-state index is 11.8. The zero-order chi connectivity index (χ0) is 15.4. The number of hydrogen-bond acceptors (Lipinski definition) is 4. The second-order valence-electron chi connectivity index (χ2n) is 4.20. The fourth-order valence-corrected chi connectivity index (χ4v) is 2.65. The summed E-state index contributed by atoms with van der Waals surface area (Å²) in [5.74, 6) is -1.12. The monoisotopic (exact) mass is 325 g/mol. The van der Waals surface area contributed by atoms with Gasteiger partial charge in [-0.15, -0.1) is 11.3 Å². The number of thiophene rings is 1. The van der Waals surface area contributed by atoms with Gasteiger partial charge in [-0.2, -0.15) is 0 Å². The zero-order valence-electron chi connectivity index (χ0n) is 11.0. The Morgan fingerprint density at radius 2 is 2.10 bits per heavy atom. The SMILES string of the molecule is CC(NC(=O)Nc1ccc(C(=O)O)nc1)c1ccc(Cl)s1. The standard InChI is InChI=1S/C13H12ClN3O3S/c1-7(10-4-5-11(14)21-10)16-13(20)17-8-2-3-9(12(18)19)15-6-8/h2-7H,1H3,(H,18,19)(H2,16,17,20). The van der Waals surface area contributed by atoms with Crippen LogP contribution in [0.3, 0.4) is 0 Å². The molecule has 21 heavy (non-hydrogen) atoms. The van der Waals surface area contributed by atoms with Crippen molar-refractivity contribution >= 4 is 40.6 Å². The second-order valence-corrected chi connectivity index (χ2v) is 5.95. The molecule has 0 radical (unpaired) electrons. The molecule has 0 spiro atoms. The van der Waals surface area contributed by atoms with Crippen LogP contribution in [0.15, 0.2) is 30.5 Å². The van der Waals surface area contributed by atoms with Gasteiger partial charge in [-0.1, -0.05) is 11.6 Å². The first-order valence-electron chi connectivity index (χ1n) is 5.98. The molecule has 6 nitrogen and oxygen atoms in total. The van der Waals surface area contributed by atoms with E-state index in [1.807, 2.05) is 13.0 Å². The van der Waals surface area contributed by atoms with Gasteiger partial charge in [0.25, 0.3) is 0 Å². The molecule has 1 atom stereocenters. The number of pyridine rings is 1. The number of anilines is 1. The lowest BCUT2D eigenvalue weighted by molar-refractivity contribution is 0.0690. The summed E-state index contributed by atoms with van der Waals surface area (Å²) in [5.41, 5.74) is 0.330. The molecule has 1 unspecified atom stereocenters. The maximum Gasteiger partial charge on any atom is 0.354 e. The Morgan fingerprint density at radius 1 is 1.33 bits per heavy atom. The van der Waals surface area contributed by atoms with Crippen LogP contribution in [0.2, 0.25) is 4.34 Å². The zero-order valence-corrected chi connectivity index (χ0v) is 12.5. The lowest BCUT2D eigenvalue weighted by Gasteiger charge is -2.13. The Labute approximate surface area is 129 Å². The number of rotatable bonds is 4. The number of halogens is 1. The third-order valence-corrected chi connectivity index (χ3v) is 4.02. The molecule has 0 saturated carbocycles. The summed E-state index contributed by atoms with van der Waals surface area (Å²) in [5, 5.41) is 14.1. The number of nitrogens with zero attached hydrogens (tertiary/aromatic N) is 1. The van der Waals surface area contributed by atoms with Crippen molar-refractivity contribution in [2.75, 3.05) is 5.32 Å². The van der Waals surface area contributed by atoms with Gasteiger partial charge in [-0.25, -0.2) is 14.6 Å². The molecule has 0 aliphatic rings. The molecule has 0 saturated heterocycles. The van der Waals surface area contributed by atoms with E-state index < -0.39 is 12.0 Å². The van der Waals surface area contributed by atoms with Crippen LogP contribution in [-0.4, -0.2) is 22.1 Å². The number of carboxylic acid groups (broad SMARTS) is 1. The van der Waals surface area contributed by atoms with Crippen LogP contribution in [0.25, 0.3) is 0 Å². The van der Waals surface area contributed by atoms with E-state index in [0.717, 1.165) is 4.88 Å². The Bertz CT molecular complexity index is 657. The van der Waals surface area contributed by atoms with E-state index in [-0.39, 0.29) is 11.7 Å². The molecule has 0 aromatic carbocycles. The van der Waals surface area contributed by atoms with E-state index in [1.54, 1.807) is 6.07 Å². The van der Waals surface area contributed by atoms with Gasteiger partial charge in [-0.3, -0.25) is 0 Å². The molecular formula is C13H12ClN3O3S. The molecule has 2 heterocycles. The fourth-order valence-electron chi connectivity index (χ4n) is 1.59. The number of aromatic nitrogens is 1. The molecule has 2 aromatic heterocycles. The molecule has 3 N–H and O–H groups in total. The number of urea groups is 1. The fraction of sp³-hybridized carbons (Fsp3) is 0.154. The van der Waals surface area contributed by atoms with Gasteiger partial charge in [-0.05, 0) is 31.2 Å². The van der Waals surface area contributed by atoms with E-state index in [9.17, 15) is 9.59 Å². The van der Waals surface area contributed by atoms with Crippen LogP contribution >= 0.6 is 22.9 Å². The summed E-state index contributed by atoms with van der Waals surface area (Å²) < 4.78 is 0.660. The van der Waals surface area contributed by atoms with Crippen molar-refractivity contribution in [3.8, 4) is 0 Å². The Kier molecular flexibility index (Phi) is 4.77. The summed E-state index contributed by atoms with van der Waals surface area (Å²) in [7, 11) is 0. The van der Waals surface area contributed by atoms with Crippen molar-refractivity contribution in [2.45, 2.75) is 13.0 Å². The highest BCUT2D eigenvalue weighted by Gasteiger charge is 2.12. The number of aromatic carboxylic acids is 1. The molecule has 2 rings (SSSR count). The maximum atomic E-state index is 11.8. The predicted octanol–water partition coefficient (Wildman–Crippen LogP) is 3.38. The van der Waals surface area contributed by atoms with Crippen molar-refractivity contribution in [1.29, 1.82) is 0 Å². The number of hydrogen-bond donors (Lipinski definition) is 3. The number of amides is 2. The molecular weight excluding hydrogens is 314 g/mol. The molecule has 0 bridgehead atoms. The van der Waals surface area contributed by atoms with Crippen molar-refractivity contribution in [1.82, 2.24) is 10.3 Å². The summed E-state index contributed by atoms with van der Waals surface area (Å²) in [6, 6.07) is 5.82. The minimum atomic E-state index is -1.12. The number of carboxylic acids is 1. The van der Waals surface area contributed by atoms with E-state index in [4.69, 9.17) is 16.7 Å². The van der Waals surface area contributed by atoms with Crippen LogP contribution in [0, 0.1) is 0 Å². The van der Waals surface area contributed by atoms with Gasteiger partial charge in [0.2, 0.25) is 0 Å². The van der Waals surface area contributed by atoms with E-state index in [2.05, 4.69) is 15.6 Å².